The number of carbonyl (C=O) groups is 1. The molecule has 0 fully saturated rings. The van der Waals surface area contributed by atoms with E-state index in [1.54, 1.807) is 12.0 Å². The highest BCUT2D eigenvalue weighted by Gasteiger charge is 2.27. The minimum Gasteiger partial charge on any atom is -0.495 e. The van der Waals surface area contributed by atoms with Gasteiger partial charge in [-0.1, -0.05) is 35.9 Å². The average Bonchev–Trinajstić information content (AvgIpc) is 3.19. The number of aromatic amines is 1. The fraction of sp³-hybridized carbons (Fsp3) is 0.280. The third kappa shape index (κ3) is 3.54. The van der Waals surface area contributed by atoms with E-state index in [9.17, 15) is 4.79 Å². The van der Waals surface area contributed by atoms with Gasteiger partial charge in [0.15, 0.2) is 0 Å². The second kappa shape index (κ2) is 8.36. The molecule has 0 spiro atoms. The first-order valence-corrected chi connectivity index (χ1v) is 11.1. The lowest BCUT2D eigenvalue weighted by Crippen LogP contribution is -2.37. The van der Waals surface area contributed by atoms with Gasteiger partial charge in [0.1, 0.15) is 5.75 Å². The summed E-state index contributed by atoms with van der Waals surface area (Å²) in [5.74, 6) is 0.648. The Balaban J connectivity index is 1.64. The Morgan fingerprint density at radius 3 is 2.88 bits per heavy atom. The Bertz CT molecular complexity index is 1330. The maximum absolute atomic E-state index is 12.4. The van der Waals surface area contributed by atoms with Gasteiger partial charge in [0.05, 0.1) is 42.2 Å². The number of methoxy groups -OCH3 is 1. The van der Waals surface area contributed by atoms with E-state index in [0.717, 1.165) is 34.4 Å². The third-order valence-corrected chi connectivity index (χ3v) is 6.30. The maximum Gasteiger partial charge on any atom is 0.410 e. The molecule has 0 aliphatic carbocycles. The number of carbonyl (C=O) groups excluding carboxylic acids is 1. The van der Waals surface area contributed by atoms with E-state index in [1.807, 2.05) is 31.2 Å². The van der Waals surface area contributed by atoms with Gasteiger partial charge in [-0.2, -0.15) is 0 Å². The zero-order chi connectivity index (χ0) is 22.2. The number of hydrogen-bond acceptors (Lipinski definition) is 4. The van der Waals surface area contributed by atoms with E-state index in [0.29, 0.717) is 36.9 Å². The molecule has 6 nitrogen and oxygen atoms in total. The van der Waals surface area contributed by atoms with Crippen molar-refractivity contribution in [3.8, 4) is 5.75 Å². The first-order valence-electron chi connectivity index (χ1n) is 10.7. The van der Waals surface area contributed by atoms with Gasteiger partial charge in [-0.3, -0.25) is 4.98 Å². The zero-order valence-corrected chi connectivity index (χ0v) is 18.8. The van der Waals surface area contributed by atoms with Crippen LogP contribution in [0.25, 0.3) is 21.8 Å². The minimum atomic E-state index is -0.289. The monoisotopic (exact) mass is 449 g/mol. The number of pyridine rings is 1. The van der Waals surface area contributed by atoms with Gasteiger partial charge < -0.3 is 19.4 Å². The number of nitrogens with zero attached hydrogens (tertiary/aromatic N) is 2. The number of benzene rings is 2. The van der Waals surface area contributed by atoms with Crippen molar-refractivity contribution in [1.29, 1.82) is 0 Å². The molecule has 32 heavy (non-hydrogen) atoms. The second-order valence-corrected chi connectivity index (χ2v) is 8.33. The lowest BCUT2D eigenvalue weighted by Gasteiger charge is -2.28. The molecule has 2 aromatic carbocycles. The molecule has 0 unspecified atom stereocenters. The number of para-hydroxylation sites is 1. The van der Waals surface area contributed by atoms with Crippen molar-refractivity contribution in [1.82, 2.24) is 14.9 Å². The van der Waals surface area contributed by atoms with Gasteiger partial charge >= 0.3 is 6.09 Å². The molecule has 1 aliphatic heterocycles. The highest BCUT2D eigenvalue weighted by atomic mass is 35.5. The van der Waals surface area contributed by atoms with Gasteiger partial charge in [0, 0.05) is 29.3 Å². The first kappa shape index (κ1) is 20.6. The number of halogens is 1. The molecule has 1 N–H and O–H groups in total. The number of fused-ring (bicyclic) bond motifs is 5. The Hall–Kier alpha value is -3.25. The van der Waals surface area contributed by atoms with Crippen LogP contribution in [0, 0.1) is 0 Å². The van der Waals surface area contributed by atoms with Crippen LogP contribution in [-0.4, -0.2) is 41.2 Å². The van der Waals surface area contributed by atoms with Crippen molar-refractivity contribution in [3.05, 3.63) is 70.0 Å². The molecule has 2 aromatic heterocycles. The largest absolute Gasteiger partial charge is 0.495 e. The van der Waals surface area contributed by atoms with Crippen LogP contribution in [0.5, 0.6) is 5.75 Å². The van der Waals surface area contributed by atoms with Crippen LogP contribution >= 0.6 is 11.6 Å². The second-order valence-electron chi connectivity index (χ2n) is 7.92. The topological polar surface area (TPSA) is 67.4 Å². The molecule has 7 heteroatoms. The number of aromatic nitrogens is 2. The summed E-state index contributed by atoms with van der Waals surface area (Å²) in [5, 5.41) is 2.95. The first-order chi connectivity index (χ1) is 15.6. The Morgan fingerprint density at radius 1 is 1.25 bits per heavy atom. The lowest BCUT2D eigenvalue weighted by molar-refractivity contribution is 0.102. The van der Waals surface area contributed by atoms with Crippen LogP contribution < -0.4 is 4.74 Å². The Labute approximate surface area is 191 Å². The van der Waals surface area contributed by atoms with Crippen molar-refractivity contribution in [2.45, 2.75) is 26.3 Å². The van der Waals surface area contributed by atoms with Crippen LogP contribution in [0.2, 0.25) is 5.02 Å². The summed E-state index contributed by atoms with van der Waals surface area (Å²) >= 11 is 6.37. The molecule has 4 aromatic rings. The summed E-state index contributed by atoms with van der Waals surface area (Å²) in [5.41, 5.74) is 6.23. The number of nitrogens with one attached hydrogen (secondary N) is 1. The molecular formula is C25H24ClN3O3. The van der Waals surface area contributed by atoms with Crippen LogP contribution in [-0.2, 0) is 24.1 Å². The van der Waals surface area contributed by atoms with Crippen molar-refractivity contribution < 1.29 is 14.3 Å². The SMILES string of the molecule is CCOC(=O)N1CCc2c(nc(Cc3ccc(OC)c(Cl)c3)c3[nH]c4ccccc4c23)C1. The van der Waals surface area contributed by atoms with Gasteiger partial charge in [0.2, 0.25) is 0 Å². The van der Waals surface area contributed by atoms with Crippen LogP contribution in [0.15, 0.2) is 42.5 Å². The minimum absolute atomic E-state index is 0.289. The van der Waals surface area contributed by atoms with Crippen molar-refractivity contribution in [2.75, 3.05) is 20.3 Å². The van der Waals surface area contributed by atoms with E-state index < -0.39 is 0 Å². The van der Waals surface area contributed by atoms with Gasteiger partial charge in [0.25, 0.3) is 0 Å². The molecule has 0 atom stereocenters. The van der Waals surface area contributed by atoms with Crippen molar-refractivity contribution in [2.24, 2.45) is 0 Å². The number of amides is 1. The van der Waals surface area contributed by atoms with Crippen LogP contribution in [0.1, 0.15) is 29.4 Å². The molecule has 164 valence electrons. The summed E-state index contributed by atoms with van der Waals surface area (Å²) < 4.78 is 10.5. The van der Waals surface area contributed by atoms with E-state index in [1.165, 1.54) is 16.3 Å². The predicted molar refractivity (Wildman–Crippen MR) is 126 cm³/mol. The standard InChI is InChI=1S/C25H24ClN3O3/c1-3-32-25(30)29-11-10-17-21(14-29)27-20(13-15-8-9-22(31-2)18(26)12-15)24-23(17)16-6-4-5-7-19(16)28-24/h4-9,12,28H,3,10-11,13-14H2,1-2H3. The number of H-pyrrole nitrogens is 1. The predicted octanol–water partition coefficient (Wildman–Crippen LogP) is 5.48. The summed E-state index contributed by atoms with van der Waals surface area (Å²) in [4.78, 5) is 22.7. The summed E-state index contributed by atoms with van der Waals surface area (Å²) in [6, 6.07) is 14.1. The van der Waals surface area contributed by atoms with E-state index in [4.69, 9.17) is 26.1 Å². The molecule has 0 saturated heterocycles. The maximum atomic E-state index is 12.4. The molecule has 3 heterocycles. The van der Waals surface area contributed by atoms with Crippen molar-refractivity contribution >= 4 is 39.5 Å². The quantitative estimate of drug-likeness (QED) is 0.447. The normalized spacial score (nSPS) is 13.4. The summed E-state index contributed by atoms with van der Waals surface area (Å²) in [7, 11) is 1.61. The van der Waals surface area contributed by atoms with E-state index >= 15 is 0 Å². The van der Waals surface area contributed by atoms with Crippen LogP contribution in [0.3, 0.4) is 0 Å². The summed E-state index contributed by atoms with van der Waals surface area (Å²) in [6.45, 7) is 3.25. The molecule has 1 amide bonds. The number of hydrogen-bond donors (Lipinski definition) is 1. The van der Waals surface area contributed by atoms with Gasteiger partial charge in [-0.15, -0.1) is 0 Å². The molecular weight excluding hydrogens is 426 g/mol. The Kier molecular flexibility index (Phi) is 5.39. The number of ether oxygens (including phenoxy) is 2. The molecule has 0 saturated carbocycles. The Morgan fingerprint density at radius 2 is 2.09 bits per heavy atom. The summed E-state index contributed by atoms with van der Waals surface area (Å²) in [6.07, 6.45) is 1.07. The lowest BCUT2D eigenvalue weighted by atomic mass is 9.96. The highest BCUT2D eigenvalue weighted by molar-refractivity contribution is 6.32. The third-order valence-electron chi connectivity index (χ3n) is 6.00. The molecule has 5 rings (SSSR count). The zero-order valence-electron chi connectivity index (χ0n) is 18.1. The molecule has 0 radical (unpaired) electrons. The number of rotatable bonds is 4. The average molecular weight is 450 g/mol. The van der Waals surface area contributed by atoms with Gasteiger partial charge in [-0.25, -0.2) is 4.79 Å². The van der Waals surface area contributed by atoms with Crippen molar-refractivity contribution in [3.63, 3.8) is 0 Å². The van der Waals surface area contributed by atoms with Gasteiger partial charge in [-0.05, 0) is 42.7 Å². The smallest absolute Gasteiger partial charge is 0.410 e. The fourth-order valence-electron chi connectivity index (χ4n) is 4.52. The molecule has 0 bridgehead atoms. The van der Waals surface area contributed by atoms with E-state index in [-0.39, 0.29) is 6.09 Å². The fourth-order valence-corrected chi connectivity index (χ4v) is 4.80. The highest BCUT2D eigenvalue weighted by Crippen LogP contribution is 2.35. The molecule has 1 aliphatic rings. The van der Waals surface area contributed by atoms with E-state index in [2.05, 4.69) is 23.2 Å². The van der Waals surface area contributed by atoms with Crippen LogP contribution in [0.4, 0.5) is 4.79 Å².